The van der Waals surface area contributed by atoms with Crippen molar-refractivity contribution in [3.63, 3.8) is 0 Å². The average molecular weight is 653 g/mol. The summed E-state index contributed by atoms with van der Waals surface area (Å²) in [6, 6.07) is 15.4. The zero-order chi connectivity index (χ0) is 24.6. The first kappa shape index (κ1) is 32.9. The van der Waals surface area contributed by atoms with E-state index in [-0.39, 0.29) is 11.6 Å². The molecule has 0 radical (unpaired) electrons. The number of aliphatic hydroxyl groups excluding tert-OH is 2. The van der Waals surface area contributed by atoms with E-state index in [1.165, 1.54) is 0 Å². The SMILES string of the molecule is CCCCO.CCCCO.COc1ccc(C(=O)[CH-]C(=O)c2ccccc2)cc1.[Cl][Ta][Cl]. The van der Waals surface area contributed by atoms with Crippen LogP contribution in [0.3, 0.4) is 0 Å². The van der Waals surface area contributed by atoms with Gasteiger partial charge in [-0.25, -0.2) is 0 Å². The quantitative estimate of drug-likeness (QED) is 0.200. The number of carbonyl (C=O) groups is 2. The molecular weight excluding hydrogens is 620 g/mol. The summed E-state index contributed by atoms with van der Waals surface area (Å²) < 4.78 is 5.01. The van der Waals surface area contributed by atoms with Gasteiger partial charge in [0.15, 0.2) is 0 Å². The van der Waals surface area contributed by atoms with E-state index in [2.05, 4.69) is 13.8 Å². The molecule has 0 saturated carbocycles. The Hall–Kier alpha value is -1.31. The van der Waals surface area contributed by atoms with Crippen molar-refractivity contribution in [3.8, 4) is 5.75 Å². The fourth-order valence-electron chi connectivity index (χ4n) is 1.96. The number of carbonyl (C=O) groups excluding carboxylic acids is 2. The Morgan fingerprint density at radius 2 is 1.25 bits per heavy atom. The van der Waals surface area contributed by atoms with Crippen molar-refractivity contribution >= 4 is 29.9 Å². The van der Waals surface area contributed by atoms with Crippen molar-refractivity contribution < 1.29 is 42.1 Å². The van der Waals surface area contributed by atoms with Crippen molar-refractivity contribution in [1.29, 1.82) is 0 Å². The van der Waals surface area contributed by atoms with Gasteiger partial charge in [0.2, 0.25) is 0 Å². The molecule has 2 aromatic rings. The Labute approximate surface area is 209 Å². The summed E-state index contributed by atoms with van der Waals surface area (Å²) >= 11 is -0.889. The first-order valence-corrected chi connectivity index (χ1v) is 18.2. The Morgan fingerprint density at radius 3 is 1.56 bits per heavy atom. The predicted octanol–water partition coefficient (Wildman–Crippen LogP) is 5.90. The molecule has 0 unspecified atom stereocenters. The van der Waals surface area contributed by atoms with Crippen LogP contribution < -0.4 is 4.74 Å². The molecule has 0 saturated heterocycles. The summed E-state index contributed by atoms with van der Waals surface area (Å²) in [6.07, 6.45) is 5.18. The predicted molar refractivity (Wildman–Crippen MR) is 128 cm³/mol. The van der Waals surface area contributed by atoms with E-state index in [1.54, 1.807) is 55.6 Å². The minimum absolute atomic E-state index is 0.290. The third kappa shape index (κ3) is 18.3. The number of hydrogen-bond acceptors (Lipinski definition) is 5. The molecule has 0 amide bonds. The van der Waals surface area contributed by atoms with Crippen LogP contribution >= 0.6 is 18.4 Å². The topological polar surface area (TPSA) is 83.8 Å². The van der Waals surface area contributed by atoms with Crippen LogP contribution in [0, 0.1) is 6.42 Å². The zero-order valence-electron chi connectivity index (χ0n) is 18.8. The van der Waals surface area contributed by atoms with E-state index >= 15 is 0 Å². The zero-order valence-corrected chi connectivity index (χ0v) is 23.6. The van der Waals surface area contributed by atoms with Gasteiger partial charge >= 0.3 is 36.0 Å². The van der Waals surface area contributed by atoms with Crippen LogP contribution in [-0.4, -0.2) is 42.1 Å². The second kappa shape index (κ2) is 24.3. The van der Waals surface area contributed by atoms with Gasteiger partial charge in [0.05, 0.1) is 18.7 Å². The number of benzene rings is 2. The first-order valence-electron chi connectivity index (χ1n) is 10.2. The maximum absolute atomic E-state index is 11.9. The van der Waals surface area contributed by atoms with Gasteiger partial charge in [0.1, 0.15) is 5.75 Å². The number of rotatable bonds is 9. The minimum atomic E-state index is -0.889. The van der Waals surface area contributed by atoms with Gasteiger partial charge in [-0.3, -0.25) is 0 Å². The molecule has 0 bridgehead atoms. The van der Waals surface area contributed by atoms with Crippen LogP contribution in [0.25, 0.3) is 0 Å². The molecule has 0 aliphatic carbocycles. The standard InChI is InChI=1S/C16H13O3.2C4H10O.2ClH.Ta/c1-19-14-9-7-13(8-10-14)16(18)11-15(17)12-5-3-2-4-6-12;2*1-2-3-4-5;;;/h2-11H,1H3;2*5H,2-4H2,1H3;2*1H;/q-1;;;;;+2/p-2. The molecule has 0 aliphatic heterocycles. The number of halogens is 2. The Bertz CT molecular complexity index is 687. The summed E-state index contributed by atoms with van der Waals surface area (Å²) in [5.41, 5.74) is 0.967. The van der Waals surface area contributed by atoms with Gasteiger partial charge in [-0.05, 0) is 25.0 Å². The summed E-state index contributed by atoms with van der Waals surface area (Å²) in [7, 11) is 11.4. The van der Waals surface area contributed by atoms with Gasteiger partial charge in [-0.15, -0.1) is 24.3 Å². The van der Waals surface area contributed by atoms with Crippen LogP contribution in [0.5, 0.6) is 5.75 Å². The molecule has 32 heavy (non-hydrogen) atoms. The number of hydrogen-bond donors (Lipinski definition) is 2. The van der Waals surface area contributed by atoms with Crippen LogP contribution in [0.2, 0.25) is 0 Å². The van der Waals surface area contributed by atoms with E-state index in [0.29, 0.717) is 30.1 Å². The van der Waals surface area contributed by atoms with Crippen molar-refractivity contribution in [2.45, 2.75) is 39.5 Å². The van der Waals surface area contributed by atoms with Gasteiger partial charge < -0.3 is 24.5 Å². The average Bonchev–Trinajstić information content (AvgIpc) is 2.82. The van der Waals surface area contributed by atoms with Crippen LogP contribution in [0.15, 0.2) is 54.6 Å². The fourth-order valence-corrected chi connectivity index (χ4v) is 1.96. The van der Waals surface area contributed by atoms with Crippen molar-refractivity contribution in [3.05, 3.63) is 72.1 Å². The number of ether oxygens (including phenoxy) is 1. The van der Waals surface area contributed by atoms with Gasteiger partial charge in [0, 0.05) is 13.2 Å². The van der Waals surface area contributed by atoms with Crippen LogP contribution in [0.1, 0.15) is 60.2 Å². The summed E-state index contributed by atoms with van der Waals surface area (Å²) in [5.74, 6) is 0.0730. The molecule has 179 valence electrons. The van der Waals surface area contributed by atoms with Gasteiger partial charge in [-0.1, -0.05) is 62.4 Å². The molecule has 8 heteroatoms. The van der Waals surface area contributed by atoms with Gasteiger partial charge in [-0.2, -0.15) is 0 Å². The molecule has 0 atom stereocenters. The third-order valence-corrected chi connectivity index (χ3v) is 3.72. The molecule has 2 aromatic carbocycles. The molecular formula is C24H33Cl2O5Ta-. The van der Waals surface area contributed by atoms with E-state index in [0.717, 1.165) is 32.1 Å². The second-order valence-corrected chi connectivity index (χ2v) is 10.8. The molecule has 2 N–H and O–H groups in total. The third-order valence-electron chi connectivity index (χ3n) is 3.72. The summed E-state index contributed by atoms with van der Waals surface area (Å²) in [4.78, 5) is 23.8. The monoisotopic (exact) mass is 652 g/mol. The van der Waals surface area contributed by atoms with E-state index in [9.17, 15) is 9.59 Å². The summed E-state index contributed by atoms with van der Waals surface area (Å²) in [5, 5.41) is 16.1. The fraction of sp³-hybridized carbons (Fsp3) is 0.375. The molecule has 0 aromatic heterocycles. The molecule has 0 aliphatic rings. The van der Waals surface area contributed by atoms with E-state index in [4.69, 9.17) is 33.3 Å². The number of methoxy groups -OCH3 is 1. The van der Waals surface area contributed by atoms with Crippen molar-refractivity contribution in [2.24, 2.45) is 0 Å². The number of ketones is 2. The molecule has 0 fully saturated rings. The molecule has 0 spiro atoms. The normalized spacial score (nSPS) is 8.84. The van der Waals surface area contributed by atoms with Crippen LogP contribution in [0.4, 0.5) is 0 Å². The number of Topliss-reactive ketones (excluding diaryl/α,β-unsaturated/α-hetero) is 2. The Balaban J connectivity index is 0. The van der Waals surface area contributed by atoms with Crippen molar-refractivity contribution in [1.82, 2.24) is 0 Å². The number of aliphatic hydroxyl groups is 2. The number of unbranched alkanes of at least 4 members (excludes halogenated alkanes) is 2. The van der Waals surface area contributed by atoms with E-state index < -0.39 is 17.6 Å². The van der Waals surface area contributed by atoms with E-state index in [1.807, 2.05) is 6.07 Å². The molecule has 5 nitrogen and oxygen atoms in total. The maximum atomic E-state index is 11.9. The molecule has 2 rings (SSSR count). The van der Waals surface area contributed by atoms with Crippen molar-refractivity contribution in [2.75, 3.05) is 20.3 Å². The Kier molecular flexibility index (Phi) is 25.0. The van der Waals surface area contributed by atoms with Crippen LogP contribution in [-0.2, 0) is 17.6 Å². The van der Waals surface area contributed by atoms with Gasteiger partial charge in [0.25, 0.3) is 0 Å². The first-order chi connectivity index (χ1) is 15.4. The Morgan fingerprint density at radius 1 is 0.844 bits per heavy atom. The summed E-state index contributed by atoms with van der Waals surface area (Å²) in [6.45, 7) is 4.79. The second-order valence-electron chi connectivity index (χ2n) is 6.19. The molecule has 0 heterocycles.